The van der Waals surface area contributed by atoms with Crippen LogP contribution in [-0.4, -0.2) is 146 Å². The fourth-order valence-corrected chi connectivity index (χ4v) is 4.25. The van der Waals surface area contributed by atoms with E-state index < -0.39 is 0 Å². The first-order valence-corrected chi connectivity index (χ1v) is 16.4. The number of nitrogens with one attached hydrogen (secondary N) is 1. The molecule has 0 aliphatic rings. The van der Waals surface area contributed by atoms with Crippen molar-refractivity contribution in [2.75, 3.05) is 119 Å². The van der Waals surface area contributed by atoms with Crippen molar-refractivity contribution in [3.8, 4) is 0 Å². The molecule has 11 nitrogen and oxygen atoms in total. The van der Waals surface area contributed by atoms with Crippen LogP contribution < -0.4 is 5.32 Å². The van der Waals surface area contributed by atoms with Crippen molar-refractivity contribution in [3.05, 3.63) is 0 Å². The van der Waals surface area contributed by atoms with Gasteiger partial charge in [0, 0.05) is 18.6 Å². The Morgan fingerprint density at radius 1 is 0.386 bits per heavy atom. The minimum atomic E-state index is -0.229. The van der Waals surface area contributed by atoms with Gasteiger partial charge in [-0.15, -0.1) is 0 Å². The van der Waals surface area contributed by atoms with Gasteiger partial charge in [0.2, 0.25) is 0 Å². The third kappa shape index (κ3) is 29.0. The average Bonchev–Trinajstić information content (AvgIpc) is 2.88. The Balaban J connectivity index is 3.81. The van der Waals surface area contributed by atoms with Gasteiger partial charge in [-0.1, -0.05) is 0 Å². The van der Waals surface area contributed by atoms with Crippen molar-refractivity contribution in [1.82, 2.24) is 10.2 Å². The predicted molar refractivity (Wildman–Crippen MR) is 176 cm³/mol. The van der Waals surface area contributed by atoms with E-state index in [4.69, 9.17) is 42.6 Å². The van der Waals surface area contributed by atoms with Gasteiger partial charge in [0.25, 0.3) is 0 Å². The summed E-state index contributed by atoms with van der Waals surface area (Å²) in [6.07, 6.45) is 0. The van der Waals surface area contributed by atoms with E-state index in [-0.39, 0.29) is 22.4 Å². The van der Waals surface area contributed by atoms with Crippen LogP contribution in [0.5, 0.6) is 0 Å². The van der Waals surface area contributed by atoms with Crippen LogP contribution in [0.25, 0.3) is 0 Å². The summed E-state index contributed by atoms with van der Waals surface area (Å²) in [5.74, 6) is 0. The van der Waals surface area contributed by atoms with E-state index in [1.165, 1.54) is 0 Å². The fourth-order valence-electron chi connectivity index (χ4n) is 4.25. The molecule has 0 atom stereocenters. The van der Waals surface area contributed by atoms with Gasteiger partial charge >= 0.3 is 0 Å². The Bertz CT molecular complexity index is 647. The van der Waals surface area contributed by atoms with Crippen LogP contribution >= 0.6 is 0 Å². The molecule has 0 heterocycles. The van der Waals surface area contributed by atoms with Crippen molar-refractivity contribution < 1.29 is 42.6 Å². The molecule has 0 fully saturated rings. The van der Waals surface area contributed by atoms with E-state index in [0.717, 1.165) is 13.1 Å². The third-order valence-electron chi connectivity index (χ3n) is 6.13. The molecule has 0 unspecified atom stereocenters. The van der Waals surface area contributed by atoms with Crippen LogP contribution in [0.4, 0.5) is 0 Å². The van der Waals surface area contributed by atoms with Crippen molar-refractivity contribution in [3.63, 3.8) is 0 Å². The molecule has 44 heavy (non-hydrogen) atoms. The average molecular weight is 639 g/mol. The fraction of sp³-hybridized carbons (Fsp3) is 1.00. The van der Waals surface area contributed by atoms with E-state index in [1.54, 1.807) is 0 Å². The molecule has 11 heteroatoms. The lowest BCUT2D eigenvalue weighted by atomic mass is 10.0. The number of nitrogens with zero attached hydrogens (tertiary/aromatic N) is 1. The van der Waals surface area contributed by atoms with E-state index in [1.807, 2.05) is 41.5 Å². The van der Waals surface area contributed by atoms with Gasteiger partial charge < -0.3 is 42.6 Å². The van der Waals surface area contributed by atoms with Crippen molar-refractivity contribution in [2.24, 2.45) is 0 Å². The van der Waals surface area contributed by atoms with E-state index in [9.17, 15) is 0 Å². The predicted octanol–water partition coefficient (Wildman–Crippen LogP) is 4.16. The number of hydrogen-bond acceptors (Lipinski definition) is 11. The first kappa shape index (κ1) is 43.6. The van der Waals surface area contributed by atoms with Gasteiger partial charge in [-0.25, -0.2) is 0 Å². The van der Waals surface area contributed by atoms with Gasteiger partial charge in [0.05, 0.1) is 123 Å². The normalized spacial score (nSPS) is 13.4. The molecule has 0 bridgehead atoms. The Hall–Kier alpha value is -0.440. The summed E-state index contributed by atoms with van der Waals surface area (Å²) in [6.45, 7) is 33.9. The zero-order chi connectivity index (χ0) is 33.4. The summed E-state index contributed by atoms with van der Waals surface area (Å²) < 4.78 is 50.6. The molecular formula is C33H70N2O9. The van der Waals surface area contributed by atoms with E-state index in [2.05, 4.69) is 44.8 Å². The highest BCUT2D eigenvalue weighted by molar-refractivity contribution is 4.88. The van der Waals surface area contributed by atoms with E-state index in [0.29, 0.717) is 106 Å². The molecule has 0 spiro atoms. The Labute approximate surface area is 270 Å². The zero-order valence-corrected chi connectivity index (χ0v) is 30.3. The highest BCUT2D eigenvalue weighted by atomic mass is 16.6. The second-order valence-electron chi connectivity index (χ2n) is 14.0. The molecule has 0 radical (unpaired) electrons. The monoisotopic (exact) mass is 639 g/mol. The maximum absolute atomic E-state index is 5.86. The molecule has 0 aromatic heterocycles. The van der Waals surface area contributed by atoms with Gasteiger partial charge in [-0.3, -0.25) is 10.2 Å². The summed E-state index contributed by atoms with van der Waals surface area (Å²) in [5, 5.41) is 3.63. The Kier molecular flexibility index (Phi) is 24.4. The van der Waals surface area contributed by atoms with E-state index >= 15 is 0 Å². The molecule has 0 saturated carbocycles. The SMILES string of the molecule is CC(C)(C)OCCOCCOCCOCCOCCNC(C)(C)N(CCOCCOCCOCCOC(C)(C)C)C(C)(C)C. The van der Waals surface area contributed by atoms with Gasteiger partial charge in [0.15, 0.2) is 0 Å². The molecule has 0 amide bonds. The lowest BCUT2D eigenvalue weighted by molar-refractivity contribution is -0.0487. The molecule has 0 aliphatic heterocycles. The van der Waals surface area contributed by atoms with Crippen LogP contribution in [0.1, 0.15) is 76.2 Å². The van der Waals surface area contributed by atoms with Crippen molar-refractivity contribution in [2.45, 2.75) is 98.6 Å². The Morgan fingerprint density at radius 3 is 1.00 bits per heavy atom. The lowest BCUT2D eigenvalue weighted by Crippen LogP contribution is -2.62. The second-order valence-corrected chi connectivity index (χ2v) is 14.0. The first-order valence-electron chi connectivity index (χ1n) is 16.4. The summed E-state index contributed by atoms with van der Waals surface area (Å²) in [5.41, 5.74) is -0.528. The van der Waals surface area contributed by atoms with Crippen molar-refractivity contribution in [1.29, 1.82) is 0 Å². The smallest absolute Gasteiger partial charge is 0.0707 e. The number of rotatable bonds is 29. The number of ether oxygens (including phenoxy) is 9. The maximum Gasteiger partial charge on any atom is 0.0707 e. The van der Waals surface area contributed by atoms with Crippen LogP contribution in [0.3, 0.4) is 0 Å². The zero-order valence-electron chi connectivity index (χ0n) is 30.3. The molecule has 1 N–H and O–H groups in total. The topological polar surface area (TPSA) is 98.3 Å². The molecule has 0 aliphatic carbocycles. The highest BCUT2D eigenvalue weighted by Crippen LogP contribution is 2.22. The summed E-state index contributed by atoms with van der Waals surface area (Å²) >= 11 is 0. The first-order chi connectivity index (χ1) is 20.5. The molecule has 0 aromatic carbocycles. The molecule has 266 valence electrons. The lowest BCUT2D eigenvalue weighted by Gasteiger charge is -2.47. The minimum Gasteiger partial charge on any atom is -0.378 e. The molecular weight excluding hydrogens is 568 g/mol. The standard InChI is InChI=1S/C33H70N2O9/c1-30(2,3)35(13-15-37-17-19-39-22-24-41-26-28-43-31(4,5)6)33(10,11)34-12-14-36-16-18-38-20-21-40-23-25-42-27-29-44-32(7,8)9/h34H,12-29H2,1-11H3. The van der Waals surface area contributed by atoms with Crippen molar-refractivity contribution >= 4 is 0 Å². The third-order valence-corrected chi connectivity index (χ3v) is 6.13. The number of hydrogen-bond donors (Lipinski definition) is 1. The maximum atomic E-state index is 5.86. The minimum absolute atomic E-state index is 0.0338. The Morgan fingerprint density at radius 2 is 0.682 bits per heavy atom. The van der Waals surface area contributed by atoms with Gasteiger partial charge in [-0.2, -0.15) is 0 Å². The van der Waals surface area contributed by atoms with Crippen LogP contribution in [-0.2, 0) is 42.6 Å². The molecule has 0 aromatic rings. The van der Waals surface area contributed by atoms with Crippen LogP contribution in [0.2, 0.25) is 0 Å². The summed E-state index contributed by atoms with van der Waals surface area (Å²) in [4.78, 5) is 2.42. The summed E-state index contributed by atoms with van der Waals surface area (Å²) in [7, 11) is 0. The quantitative estimate of drug-likeness (QED) is 0.0945. The molecule has 0 rings (SSSR count). The van der Waals surface area contributed by atoms with Gasteiger partial charge in [0.1, 0.15) is 0 Å². The molecule has 0 saturated heterocycles. The second kappa shape index (κ2) is 24.7. The summed E-state index contributed by atoms with van der Waals surface area (Å²) in [6, 6.07) is 0. The van der Waals surface area contributed by atoms with Crippen LogP contribution in [0, 0.1) is 0 Å². The van der Waals surface area contributed by atoms with Gasteiger partial charge in [-0.05, 0) is 76.2 Å². The highest BCUT2D eigenvalue weighted by Gasteiger charge is 2.34. The van der Waals surface area contributed by atoms with Crippen LogP contribution in [0.15, 0.2) is 0 Å². The largest absolute Gasteiger partial charge is 0.378 e.